The predicted octanol–water partition coefficient (Wildman–Crippen LogP) is 3.37. The van der Waals surface area contributed by atoms with Crippen molar-refractivity contribution in [3.05, 3.63) is 23.9 Å². The highest BCUT2D eigenvalue weighted by Crippen LogP contribution is 2.66. The lowest BCUT2D eigenvalue weighted by Crippen LogP contribution is -2.39. The Morgan fingerprint density at radius 1 is 1.45 bits per heavy atom. The van der Waals surface area contributed by atoms with E-state index in [9.17, 15) is 4.79 Å². The molecule has 1 aromatic heterocycles. The molecule has 1 N–H and O–H groups in total. The van der Waals surface area contributed by atoms with Crippen LogP contribution in [0, 0.1) is 16.7 Å². The Morgan fingerprint density at radius 2 is 2.20 bits per heavy atom. The second kappa shape index (κ2) is 4.21. The summed E-state index contributed by atoms with van der Waals surface area (Å²) in [6.07, 6.45) is 5.12. The third kappa shape index (κ3) is 1.74. The average Bonchev–Trinajstić information content (AvgIpc) is 2.72. The van der Waals surface area contributed by atoms with Crippen LogP contribution in [0.25, 0.3) is 0 Å². The first-order valence-corrected chi connectivity index (χ1v) is 7.20. The molecule has 0 spiro atoms. The Kier molecular flexibility index (Phi) is 2.82. The molecule has 3 atom stereocenters. The molecule has 2 fully saturated rings. The van der Waals surface area contributed by atoms with Gasteiger partial charge in [0, 0.05) is 17.7 Å². The van der Waals surface area contributed by atoms with Crippen LogP contribution in [-0.4, -0.2) is 22.2 Å². The smallest absolute Gasteiger partial charge is 0.335 e. The molecule has 108 valence electrons. The number of carboxylic acids is 1. The van der Waals surface area contributed by atoms with Gasteiger partial charge in [0.05, 0.1) is 5.56 Å². The topological polar surface area (TPSA) is 59.4 Å². The molecule has 20 heavy (non-hydrogen) atoms. The van der Waals surface area contributed by atoms with Gasteiger partial charge in [-0.25, -0.2) is 9.78 Å². The molecule has 1 aromatic rings. The Morgan fingerprint density at radius 3 is 2.75 bits per heavy atom. The van der Waals surface area contributed by atoms with E-state index in [1.807, 2.05) is 0 Å². The number of aromatic carboxylic acids is 1. The van der Waals surface area contributed by atoms with Gasteiger partial charge in [0.25, 0.3) is 0 Å². The number of pyridine rings is 1. The van der Waals surface area contributed by atoms with E-state index in [2.05, 4.69) is 25.8 Å². The quantitative estimate of drug-likeness (QED) is 0.918. The van der Waals surface area contributed by atoms with Gasteiger partial charge in [-0.15, -0.1) is 0 Å². The van der Waals surface area contributed by atoms with Crippen molar-refractivity contribution in [2.45, 2.75) is 46.1 Å². The van der Waals surface area contributed by atoms with Gasteiger partial charge in [0.2, 0.25) is 5.88 Å². The van der Waals surface area contributed by atoms with Crippen molar-refractivity contribution in [2.24, 2.45) is 16.7 Å². The highest BCUT2D eigenvalue weighted by molar-refractivity contribution is 5.87. The van der Waals surface area contributed by atoms with Crippen molar-refractivity contribution in [2.75, 3.05) is 0 Å². The second-order valence-corrected chi connectivity index (χ2v) is 6.90. The summed E-state index contributed by atoms with van der Waals surface area (Å²) in [5.74, 6) is 0.177. The molecule has 0 aromatic carbocycles. The summed E-state index contributed by atoms with van der Waals surface area (Å²) >= 11 is 0. The van der Waals surface area contributed by atoms with Crippen molar-refractivity contribution in [3.63, 3.8) is 0 Å². The highest BCUT2D eigenvalue weighted by Gasteiger charge is 2.62. The number of nitrogens with zero attached hydrogens (tertiary/aromatic N) is 1. The fraction of sp³-hybridized carbons (Fsp3) is 0.625. The Labute approximate surface area is 119 Å². The first-order valence-electron chi connectivity index (χ1n) is 7.20. The number of ether oxygens (including phenoxy) is 1. The molecule has 4 heteroatoms. The van der Waals surface area contributed by atoms with Crippen LogP contribution in [0.15, 0.2) is 18.3 Å². The lowest BCUT2D eigenvalue weighted by Gasteiger charge is -2.38. The first kappa shape index (κ1) is 13.4. The summed E-state index contributed by atoms with van der Waals surface area (Å²) in [6, 6.07) is 3.01. The minimum atomic E-state index is -0.947. The molecule has 2 aliphatic carbocycles. The van der Waals surface area contributed by atoms with Crippen LogP contribution in [0.4, 0.5) is 0 Å². The van der Waals surface area contributed by atoms with Gasteiger partial charge < -0.3 is 9.84 Å². The molecule has 2 bridgehead atoms. The van der Waals surface area contributed by atoms with Gasteiger partial charge in [0.15, 0.2) is 0 Å². The van der Waals surface area contributed by atoms with Gasteiger partial charge in [-0.05, 0) is 36.7 Å². The van der Waals surface area contributed by atoms with Crippen molar-refractivity contribution in [1.29, 1.82) is 0 Å². The standard InChI is InChI=1S/C16H21NO3/c1-15(2)11-4-6-16(15,3)12(9-11)20-13-8-10(14(18)19)5-7-17-13/h5,7-8,11-12H,4,6,9H2,1-3H3,(H,18,19). The molecule has 0 radical (unpaired) electrons. The fourth-order valence-corrected chi connectivity index (χ4v) is 4.06. The van der Waals surface area contributed by atoms with Gasteiger partial charge in [-0.1, -0.05) is 20.8 Å². The Balaban J connectivity index is 1.83. The summed E-state index contributed by atoms with van der Waals surface area (Å²) in [6.45, 7) is 6.95. The lowest BCUT2D eigenvalue weighted by molar-refractivity contribution is 0.0271. The molecule has 0 aliphatic heterocycles. The van der Waals surface area contributed by atoms with Crippen LogP contribution in [-0.2, 0) is 0 Å². The van der Waals surface area contributed by atoms with E-state index in [1.54, 1.807) is 0 Å². The van der Waals surface area contributed by atoms with E-state index in [1.165, 1.54) is 31.2 Å². The van der Waals surface area contributed by atoms with Crippen LogP contribution in [0.2, 0.25) is 0 Å². The van der Waals surface area contributed by atoms with Crippen LogP contribution >= 0.6 is 0 Å². The predicted molar refractivity (Wildman–Crippen MR) is 74.8 cm³/mol. The number of hydrogen-bond donors (Lipinski definition) is 1. The molecule has 0 saturated heterocycles. The number of carbonyl (C=O) groups is 1. The van der Waals surface area contributed by atoms with Gasteiger partial charge in [0.1, 0.15) is 6.10 Å². The van der Waals surface area contributed by atoms with Crippen LogP contribution < -0.4 is 4.74 Å². The van der Waals surface area contributed by atoms with Crippen molar-refractivity contribution in [1.82, 2.24) is 4.98 Å². The van der Waals surface area contributed by atoms with E-state index in [-0.39, 0.29) is 22.5 Å². The molecule has 2 aliphatic rings. The Bertz CT molecular complexity index is 554. The van der Waals surface area contributed by atoms with E-state index in [0.717, 1.165) is 6.42 Å². The second-order valence-electron chi connectivity index (χ2n) is 6.90. The van der Waals surface area contributed by atoms with Crippen molar-refractivity contribution >= 4 is 5.97 Å². The Hall–Kier alpha value is -1.58. The summed E-state index contributed by atoms with van der Waals surface area (Å²) in [4.78, 5) is 15.2. The molecular formula is C16H21NO3. The van der Waals surface area contributed by atoms with Crippen molar-refractivity contribution < 1.29 is 14.6 Å². The van der Waals surface area contributed by atoms with E-state index in [0.29, 0.717) is 11.8 Å². The number of rotatable bonds is 3. The summed E-state index contributed by atoms with van der Waals surface area (Å²) in [7, 11) is 0. The third-order valence-corrected chi connectivity index (χ3v) is 5.96. The average molecular weight is 275 g/mol. The lowest BCUT2D eigenvalue weighted by atomic mass is 9.70. The zero-order valence-electron chi connectivity index (χ0n) is 12.2. The molecule has 1 heterocycles. The maximum atomic E-state index is 11.0. The van der Waals surface area contributed by atoms with Crippen LogP contribution in [0.1, 0.15) is 50.4 Å². The number of hydrogen-bond acceptors (Lipinski definition) is 3. The normalized spacial score (nSPS) is 34.1. The molecule has 0 amide bonds. The molecular weight excluding hydrogens is 254 g/mol. The maximum Gasteiger partial charge on any atom is 0.335 e. The maximum absolute atomic E-state index is 11.0. The van der Waals surface area contributed by atoms with E-state index in [4.69, 9.17) is 9.84 Å². The highest BCUT2D eigenvalue weighted by atomic mass is 16.5. The minimum absolute atomic E-state index is 0.132. The number of fused-ring (bicyclic) bond motifs is 2. The van der Waals surface area contributed by atoms with Crippen LogP contribution in [0.3, 0.4) is 0 Å². The van der Waals surface area contributed by atoms with Gasteiger partial charge >= 0.3 is 5.97 Å². The number of aromatic nitrogens is 1. The van der Waals surface area contributed by atoms with Gasteiger partial charge in [-0.3, -0.25) is 0 Å². The zero-order valence-corrected chi connectivity index (χ0v) is 12.2. The fourth-order valence-electron chi connectivity index (χ4n) is 4.06. The van der Waals surface area contributed by atoms with Crippen molar-refractivity contribution in [3.8, 4) is 5.88 Å². The molecule has 4 nitrogen and oxygen atoms in total. The molecule has 2 saturated carbocycles. The summed E-state index contributed by atoms with van der Waals surface area (Å²) < 4.78 is 6.06. The molecule has 3 unspecified atom stereocenters. The van der Waals surface area contributed by atoms with E-state index >= 15 is 0 Å². The monoisotopic (exact) mass is 275 g/mol. The SMILES string of the molecule is CC1(C)C2CCC1(C)C(Oc1cc(C(=O)O)ccn1)C2. The zero-order chi connectivity index (χ0) is 14.5. The van der Waals surface area contributed by atoms with E-state index < -0.39 is 5.97 Å². The minimum Gasteiger partial charge on any atom is -0.478 e. The summed E-state index contributed by atoms with van der Waals surface area (Å²) in [5, 5.41) is 9.03. The van der Waals surface area contributed by atoms with Gasteiger partial charge in [-0.2, -0.15) is 0 Å². The molecule has 3 rings (SSSR count). The van der Waals surface area contributed by atoms with Crippen LogP contribution in [0.5, 0.6) is 5.88 Å². The summed E-state index contributed by atoms with van der Waals surface area (Å²) in [5.41, 5.74) is 0.656. The largest absolute Gasteiger partial charge is 0.478 e. The first-order chi connectivity index (χ1) is 9.34. The third-order valence-electron chi connectivity index (χ3n) is 5.96. The number of carboxylic acid groups (broad SMARTS) is 1.